The van der Waals surface area contributed by atoms with E-state index in [1.165, 1.54) is 6.92 Å². The standard InChI is InChI=1S/C20H27N3O5/c1-14-10-15(2)12-17(11-14)21-18(25)13-28-20(27)5-4-19(26)23-8-6-22(7-9-23)16(3)24/h10-12H,4-9,13H2,1-3H3,(H,21,25). The molecule has 0 aliphatic carbocycles. The number of rotatable bonds is 6. The topological polar surface area (TPSA) is 96.0 Å². The van der Waals surface area contributed by atoms with Crippen molar-refractivity contribution in [1.29, 1.82) is 0 Å². The van der Waals surface area contributed by atoms with Gasteiger partial charge < -0.3 is 19.9 Å². The average molecular weight is 389 g/mol. The third kappa shape index (κ3) is 6.68. The molecule has 1 aliphatic rings. The van der Waals surface area contributed by atoms with Crippen LogP contribution in [0.15, 0.2) is 18.2 Å². The number of ether oxygens (including phenoxy) is 1. The number of carbonyl (C=O) groups is 4. The van der Waals surface area contributed by atoms with Crippen LogP contribution in [0.5, 0.6) is 0 Å². The van der Waals surface area contributed by atoms with Gasteiger partial charge in [-0.25, -0.2) is 0 Å². The predicted octanol–water partition coefficient (Wildman–Crippen LogP) is 1.26. The first kappa shape index (κ1) is 21.4. The molecule has 0 atom stereocenters. The van der Waals surface area contributed by atoms with Gasteiger partial charge in [0.25, 0.3) is 5.91 Å². The molecule has 0 saturated carbocycles. The van der Waals surface area contributed by atoms with Crippen LogP contribution in [0.3, 0.4) is 0 Å². The second kappa shape index (κ2) is 9.87. The maximum atomic E-state index is 12.2. The Bertz CT molecular complexity index is 734. The van der Waals surface area contributed by atoms with Gasteiger partial charge in [0, 0.05) is 45.2 Å². The van der Waals surface area contributed by atoms with E-state index in [1.807, 2.05) is 32.0 Å². The molecule has 0 spiro atoms. The van der Waals surface area contributed by atoms with Crippen LogP contribution in [0.1, 0.15) is 30.9 Å². The first-order valence-electron chi connectivity index (χ1n) is 9.31. The van der Waals surface area contributed by atoms with Crippen LogP contribution < -0.4 is 5.32 Å². The number of hydrogen-bond acceptors (Lipinski definition) is 5. The van der Waals surface area contributed by atoms with Gasteiger partial charge in [0.2, 0.25) is 11.8 Å². The molecular formula is C20H27N3O5. The molecule has 0 aromatic heterocycles. The van der Waals surface area contributed by atoms with Gasteiger partial charge in [-0.05, 0) is 37.1 Å². The fraction of sp³-hybridized carbons (Fsp3) is 0.500. The van der Waals surface area contributed by atoms with Gasteiger partial charge in [-0.1, -0.05) is 6.07 Å². The Hall–Kier alpha value is -2.90. The molecule has 1 aromatic carbocycles. The Morgan fingerprint density at radius 1 is 0.929 bits per heavy atom. The van der Waals surface area contributed by atoms with Crippen molar-refractivity contribution < 1.29 is 23.9 Å². The molecule has 0 bridgehead atoms. The van der Waals surface area contributed by atoms with Crippen molar-refractivity contribution in [2.24, 2.45) is 0 Å². The van der Waals surface area contributed by atoms with Crippen LogP contribution in [-0.2, 0) is 23.9 Å². The number of anilines is 1. The summed E-state index contributed by atoms with van der Waals surface area (Å²) in [7, 11) is 0. The van der Waals surface area contributed by atoms with Crippen molar-refractivity contribution in [3.05, 3.63) is 29.3 Å². The smallest absolute Gasteiger partial charge is 0.306 e. The van der Waals surface area contributed by atoms with Crippen molar-refractivity contribution in [3.63, 3.8) is 0 Å². The molecular weight excluding hydrogens is 362 g/mol. The second-order valence-electron chi connectivity index (χ2n) is 6.97. The summed E-state index contributed by atoms with van der Waals surface area (Å²) in [5, 5.41) is 2.69. The van der Waals surface area contributed by atoms with Crippen molar-refractivity contribution in [1.82, 2.24) is 9.80 Å². The van der Waals surface area contributed by atoms with E-state index in [0.29, 0.717) is 31.9 Å². The summed E-state index contributed by atoms with van der Waals surface area (Å²) in [6, 6.07) is 5.65. The fourth-order valence-electron chi connectivity index (χ4n) is 3.10. The Morgan fingerprint density at radius 2 is 1.50 bits per heavy atom. The van der Waals surface area contributed by atoms with E-state index in [0.717, 1.165) is 11.1 Å². The minimum atomic E-state index is -0.591. The minimum absolute atomic E-state index is 0.00484. The zero-order chi connectivity index (χ0) is 20.7. The molecule has 1 heterocycles. The van der Waals surface area contributed by atoms with Crippen LogP contribution in [0, 0.1) is 13.8 Å². The lowest BCUT2D eigenvalue weighted by molar-refractivity contribution is -0.149. The summed E-state index contributed by atoms with van der Waals surface area (Å²) in [6.07, 6.45) is -0.0554. The van der Waals surface area contributed by atoms with Crippen molar-refractivity contribution >= 4 is 29.4 Å². The maximum absolute atomic E-state index is 12.2. The number of esters is 1. The Morgan fingerprint density at radius 3 is 2.07 bits per heavy atom. The number of amides is 3. The van der Waals surface area contributed by atoms with Crippen molar-refractivity contribution in [3.8, 4) is 0 Å². The lowest BCUT2D eigenvalue weighted by Gasteiger charge is -2.34. The molecule has 3 amide bonds. The highest BCUT2D eigenvalue weighted by molar-refractivity contribution is 5.93. The summed E-state index contributed by atoms with van der Waals surface area (Å²) in [6.45, 7) is 6.91. The summed E-state index contributed by atoms with van der Waals surface area (Å²) >= 11 is 0. The van der Waals surface area contributed by atoms with Crippen LogP contribution in [0.2, 0.25) is 0 Å². The highest BCUT2D eigenvalue weighted by Gasteiger charge is 2.22. The molecule has 1 aromatic rings. The zero-order valence-corrected chi connectivity index (χ0v) is 16.6. The number of benzene rings is 1. The van der Waals surface area contributed by atoms with Crippen LogP contribution in [0.25, 0.3) is 0 Å². The average Bonchev–Trinajstić information content (AvgIpc) is 2.63. The number of hydrogen-bond donors (Lipinski definition) is 1. The maximum Gasteiger partial charge on any atom is 0.306 e. The van der Waals surface area contributed by atoms with Crippen LogP contribution >= 0.6 is 0 Å². The van der Waals surface area contributed by atoms with Gasteiger partial charge in [0.1, 0.15) is 0 Å². The lowest BCUT2D eigenvalue weighted by Crippen LogP contribution is -2.50. The summed E-state index contributed by atoms with van der Waals surface area (Å²) in [4.78, 5) is 50.5. The first-order valence-corrected chi connectivity index (χ1v) is 9.31. The number of nitrogens with one attached hydrogen (secondary N) is 1. The van der Waals surface area contributed by atoms with Crippen molar-refractivity contribution in [2.45, 2.75) is 33.6 Å². The number of aryl methyl sites for hydroxylation is 2. The van der Waals surface area contributed by atoms with Gasteiger partial charge in [0.15, 0.2) is 6.61 Å². The quantitative estimate of drug-likeness (QED) is 0.739. The summed E-state index contributed by atoms with van der Waals surface area (Å²) in [5.74, 6) is -1.18. The lowest BCUT2D eigenvalue weighted by atomic mass is 10.1. The van der Waals surface area contributed by atoms with Gasteiger partial charge in [-0.2, -0.15) is 0 Å². The normalized spacial score (nSPS) is 13.8. The van der Waals surface area contributed by atoms with Crippen LogP contribution in [-0.4, -0.2) is 66.3 Å². The number of nitrogens with zero attached hydrogens (tertiary/aromatic N) is 2. The Labute approximate surface area is 164 Å². The molecule has 28 heavy (non-hydrogen) atoms. The first-order chi connectivity index (χ1) is 13.2. The number of piperazine rings is 1. The van der Waals surface area contributed by atoms with E-state index in [9.17, 15) is 19.2 Å². The van der Waals surface area contributed by atoms with Crippen molar-refractivity contribution in [2.75, 3.05) is 38.1 Å². The van der Waals surface area contributed by atoms with E-state index in [4.69, 9.17) is 4.74 Å². The van der Waals surface area contributed by atoms with E-state index >= 15 is 0 Å². The van der Waals surface area contributed by atoms with E-state index in [-0.39, 0.29) is 24.7 Å². The monoisotopic (exact) mass is 389 g/mol. The molecule has 0 radical (unpaired) electrons. The minimum Gasteiger partial charge on any atom is -0.456 e. The third-order valence-corrected chi connectivity index (χ3v) is 4.49. The Balaban J connectivity index is 1.67. The largest absolute Gasteiger partial charge is 0.456 e. The molecule has 1 aliphatic heterocycles. The van der Waals surface area contributed by atoms with E-state index in [1.54, 1.807) is 9.80 Å². The summed E-state index contributed by atoms with van der Waals surface area (Å²) < 4.78 is 4.95. The zero-order valence-electron chi connectivity index (χ0n) is 16.6. The predicted molar refractivity (Wildman–Crippen MR) is 104 cm³/mol. The van der Waals surface area contributed by atoms with Gasteiger partial charge in [-0.3, -0.25) is 19.2 Å². The highest BCUT2D eigenvalue weighted by atomic mass is 16.5. The number of carbonyl (C=O) groups excluding carboxylic acids is 4. The molecule has 1 saturated heterocycles. The van der Waals surface area contributed by atoms with E-state index < -0.39 is 18.5 Å². The summed E-state index contributed by atoms with van der Waals surface area (Å²) in [5.41, 5.74) is 2.70. The molecule has 1 N–H and O–H groups in total. The van der Waals surface area contributed by atoms with Gasteiger partial charge in [0.05, 0.1) is 6.42 Å². The van der Waals surface area contributed by atoms with Crippen LogP contribution in [0.4, 0.5) is 5.69 Å². The molecule has 8 heteroatoms. The molecule has 8 nitrogen and oxygen atoms in total. The molecule has 152 valence electrons. The van der Waals surface area contributed by atoms with E-state index in [2.05, 4.69) is 5.32 Å². The molecule has 1 fully saturated rings. The second-order valence-corrected chi connectivity index (χ2v) is 6.97. The molecule has 0 unspecified atom stereocenters. The van der Waals surface area contributed by atoms with Gasteiger partial charge in [-0.15, -0.1) is 0 Å². The van der Waals surface area contributed by atoms with Gasteiger partial charge >= 0.3 is 5.97 Å². The Kier molecular flexibility index (Phi) is 7.54. The SMILES string of the molecule is CC(=O)N1CCN(C(=O)CCC(=O)OCC(=O)Nc2cc(C)cc(C)c2)CC1. The molecule has 2 rings (SSSR count). The highest BCUT2D eigenvalue weighted by Crippen LogP contribution is 2.13. The third-order valence-electron chi connectivity index (χ3n) is 4.49. The fourth-order valence-corrected chi connectivity index (χ4v) is 3.10.